The van der Waals surface area contributed by atoms with Crippen molar-refractivity contribution >= 4 is 11.8 Å². The maximum atomic E-state index is 12.1. The van der Waals surface area contributed by atoms with Crippen LogP contribution in [0.1, 0.15) is 59.3 Å². The van der Waals surface area contributed by atoms with Gasteiger partial charge in [-0.25, -0.2) is 0 Å². The third kappa shape index (κ3) is 1.82. The Hall–Kier alpha value is -1.16. The monoisotopic (exact) mass is 344 g/mol. The molecule has 136 valence electrons. The summed E-state index contributed by atoms with van der Waals surface area (Å²) in [4.78, 5) is 23.6. The van der Waals surface area contributed by atoms with E-state index in [1.807, 2.05) is 0 Å². The minimum atomic E-state index is -0.221. The number of esters is 1. The van der Waals surface area contributed by atoms with Crippen molar-refractivity contribution in [2.24, 2.45) is 28.6 Å². The Morgan fingerprint density at radius 2 is 1.96 bits per heavy atom. The standard InChI is InChI=1S/C21H28O4/c1-12(22)24-17-5-4-14-13-6-11-21-18(25-21)16(23)8-10-20(21,3)15(13)7-9-19(14,17)2/h8,10,13-15,17-18H,4-7,9,11H2,1-3H3/t13?,14?,15?,17?,18?,19-,20+,21?/m0/s1. The minimum absolute atomic E-state index is 0.0185. The van der Waals surface area contributed by atoms with Gasteiger partial charge >= 0.3 is 5.97 Å². The molecule has 3 saturated carbocycles. The third-order valence-electron chi connectivity index (χ3n) is 8.74. The highest BCUT2D eigenvalue weighted by atomic mass is 16.6. The Balaban J connectivity index is 1.47. The molecule has 4 aliphatic carbocycles. The van der Waals surface area contributed by atoms with Crippen molar-refractivity contribution in [1.82, 2.24) is 0 Å². The van der Waals surface area contributed by atoms with Gasteiger partial charge in [0.25, 0.3) is 0 Å². The van der Waals surface area contributed by atoms with Crippen molar-refractivity contribution in [2.75, 3.05) is 0 Å². The Bertz CT molecular complexity index is 683. The SMILES string of the molecule is CC(=O)OC1CCC2C3CCC45OC4C(=O)C=C[C@]5(C)C3CC[C@]12C. The highest BCUT2D eigenvalue weighted by Crippen LogP contribution is 2.71. The Labute approximate surface area is 149 Å². The van der Waals surface area contributed by atoms with E-state index < -0.39 is 0 Å². The van der Waals surface area contributed by atoms with Gasteiger partial charge in [-0.2, -0.15) is 0 Å². The van der Waals surface area contributed by atoms with E-state index in [0.29, 0.717) is 17.8 Å². The van der Waals surface area contributed by atoms with E-state index in [-0.39, 0.29) is 40.4 Å². The molecule has 8 atom stereocenters. The average molecular weight is 344 g/mol. The lowest BCUT2D eigenvalue weighted by Crippen LogP contribution is -2.57. The lowest BCUT2D eigenvalue weighted by Gasteiger charge is -2.57. The normalized spacial score (nSPS) is 55.6. The second-order valence-corrected chi connectivity index (χ2v) is 9.54. The van der Waals surface area contributed by atoms with Crippen LogP contribution in [0.25, 0.3) is 0 Å². The van der Waals surface area contributed by atoms with Gasteiger partial charge in [0.1, 0.15) is 11.7 Å². The van der Waals surface area contributed by atoms with Crippen LogP contribution < -0.4 is 0 Å². The molecule has 0 N–H and O–H groups in total. The van der Waals surface area contributed by atoms with E-state index in [0.717, 1.165) is 38.5 Å². The van der Waals surface area contributed by atoms with E-state index in [9.17, 15) is 9.59 Å². The van der Waals surface area contributed by atoms with Crippen LogP contribution in [0.15, 0.2) is 12.2 Å². The van der Waals surface area contributed by atoms with Gasteiger partial charge in [-0.3, -0.25) is 9.59 Å². The highest BCUT2D eigenvalue weighted by Gasteiger charge is 2.75. The van der Waals surface area contributed by atoms with E-state index >= 15 is 0 Å². The zero-order valence-corrected chi connectivity index (χ0v) is 15.4. The smallest absolute Gasteiger partial charge is 0.302 e. The van der Waals surface area contributed by atoms with Gasteiger partial charge in [-0.1, -0.05) is 19.9 Å². The van der Waals surface area contributed by atoms with E-state index in [2.05, 4.69) is 19.9 Å². The molecule has 6 unspecified atom stereocenters. The van der Waals surface area contributed by atoms with E-state index in [1.54, 1.807) is 6.08 Å². The van der Waals surface area contributed by atoms with E-state index in [4.69, 9.17) is 9.47 Å². The first kappa shape index (κ1) is 16.0. The van der Waals surface area contributed by atoms with Crippen LogP contribution in [-0.2, 0) is 19.1 Å². The molecule has 1 aliphatic heterocycles. The summed E-state index contributed by atoms with van der Waals surface area (Å²) in [6.07, 6.45) is 10.4. The first-order valence-electron chi connectivity index (χ1n) is 9.90. The molecular formula is C21H28O4. The molecule has 4 fully saturated rings. The number of ether oxygens (including phenoxy) is 2. The number of epoxide rings is 1. The molecule has 0 aromatic rings. The number of ketones is 1. The molecule has 25 heavy (non-hydrogen) atoms. The predicted octanol–water partition coefficient (Wildman–Crippen LogP) is 3.44. The van der Waals surface area contributed by atoms with Crippen molar-refractivity contribution in [3.8, 4) is 0 Å². The second-order valence-electron chi connectivity index (χ2n) is 9.54. The van der Waals surface area contributed by atoms with Crippen molar-refractivity contribution in [2.45, 2.75) is 77.1 Å². The first-order chi connectivity index (χ1) is 11.8. The number of hydrogen-bond donors (Lipinski definition) is 0. The van der Waals surface area contributed by atoms with Crippen LogP contribution in [0.2, 0.25) is 0 Å². The zero-order chi connectivity index (χ0) is 17.6. The maximum absolute atomic E-state index is 12.1. The van der Waals surface area contributed by atoms with Gasteiger partial charge in [0.2, 0.25) is 0 Å². The molecule has 4 nitrogen and oxygen atoms in total. The first-order valence-corrected chi connectivity index (χ1v) is 9.90. The van der Waals surface area contributed by atoms with E-state index in [1.165, 1.54) is 6.92 Å². The molecule has 4 heteroatoms. The fourth-order valence-electron chi connectivity index (χ4n) is 7.42. The summed E-state index contributed by atoms with van der Waals surface area (Å²) >= 11 is 0. The molecule has 1 saturated heterocycles. The Morgan fingerprint density at radius 3 is 2.72 bits per heavy atom. The fraction of sp³-hybridized carbons (Fsp3) is 0.810. The lowest BCUT2D eigenvalue weighted by atomic mass is 9.46. The Kier molecular flexibility index (Phi) is 3.06. The average Bonchev–Trinajstić information content (AvgIpc) is 3.22. The number of carbonyl (C=O) groups is 2. The van der Waals surface area contributed by atoms with Crippen molar-refractivity contribution in [3.05, 3.63) is 12.2 Å². The van der Waals surface area contributed by atoms with Crippen LogP contribution >= 0.6 is 0 Å². The van der Waals surface area contributed by atoms with Crippen LogP contribution in [0.4, 0.5) is 0 Å². The predicted molar refractivity (Wildman–Crippen MR) is 91.7 cm³/mol. The van der Waals surface area contributed by atoms with Crippen molar-refractivity contribution in [1.29, 1.82) is 0 Å². The summed E-state index contributed by atoms with van der Waals surface area (Å²) in [6, 6.07) is 0. The fourth-order valence-corrected chi connectivity index (χ4v) is 7.42. The molecule has 0 aromatic carbocycles. The number of carbonyl (C=O) groups excluding carboxylic acids is 2. The molecule has 0 radical (unpaired) electrons. The molecule has 0 bridgehead atoms. The minimum Gasteiger partial charge on any atom is -0.462 e. The van der Waals surface area contributed by atoms with Gasteiger partial charge < -0.3 is 9.47 Å². The molecule has 5 rings (SSSR count). The molecule has 5 aliphatic rings. The highest BCUT2D eigenvalue weighted by molar-refractivity contribution is 5.98. The van der Waals surface area contributed by atoms with Gasteiger partial charge in [-0.05, 0) is 62.4 Å². The van der Waals surface area contributed by atoms with Crippen LogP contribution in [0, 0.1) is 28.6 Å². The third-order valence-corrected chi connectivity index (χ3v) is 8.74. The summed E-state index contributed by atoms with van der Waals surface area (Å²) in [5.74, 6) is 1.86. The topological polar surface area (TPSA) is 55.9 Å². The molecular weight excluding hydrogens is 316 g/mol. The number of fused-ring (bicyclic) bond motifs is 4. The molecule has 0 aromatic heterocycles. The van der Waals surface area contributed by atoms with Gasteiger partial charge in [0.15, 0.2) is 11.9 Å². The largest absolute Gasteiger partial charge is 0.462 e. The van der Waals surface area contributed by atoms with Crippen LogP contribution in [0.5, 0.6) is 0 Å². The Morgan fingerprint density at radius 1 is 1.16 bits per heavy atom. The lowest BCUT2D eigenvalue weighted by molar-refractivity contribution is -0.158. The second kappa shape index (κ2) is 4.76. The maximum Gasteiger partial charge on any atom is 0.302 e. The summed E-state index contributed by atoms with van der Waals surface area (Å²) in [6.45, 7) is 6.20. The van der Waals surface area contributed by atoms with Gasteiger partial charge in [0.05, 0.1) is 0 Å². The van der Waals surface area contributed by atoms with Gasteiger partial charge in [0, 0.05) is 17.8 Å². The molecule has 1 spiro atoms. The van der Waals surface area contributed by atoms with Crippen molar-refractivity contribution in [3.63, 3.8) is 0 Å². The summed E-state index contributed by atoms with van der Waals surface area (Å²) in [5.41, 5.74) is -0.122. The number of hydrogen-bond acceptors (Lipinski definition) is 4. The van der Waals surface area contributed by atoms with Gasteiger partial charge in [-0.15, -0.1) is 0 Å². The zero-order valence-electron chi connectivity index (χ0n) is 15.4. The molecule has 0 amide bonds. The summed E-state index contributed by atoms with van der Waals surface area (Å²) in [7, 11) is 0. The summed E-state index contributed by atoms with van der Waals surface area (Å²) in [5, 5.41) is 0. The van der Waals surface area contributed by atoms with Crippen LogP contribution in [0.3, 0.4) is 0 Å². The van der Waals surface area contributed by atoms with Crippen molar-refractivity contribution < 1.29 is 19.1 Å². The summed E-state index contributed by atoms with van der Waals surface area (Å²) < 4.78 is 11.8. The molecule has 1 heterocycles. The quantitative estimate of drug-likeness (QED) is 0.540. The number of rotatable bonds is 1. The van der Waals surface area contributed by atoms with Crippen LogP contribution in [-0.4, -0.2) is 29.6 Å².